The van der Waals surface area contributed by atoms with Gasteiger partial charge in [-0.05, 0) is 24.1 Å². The van der Waals surface area contributed by atoms with Gasteiger partial charge >= 0.3 is 6.18 Å². The van der Waals surface area contributed by atoms with Gasteiger partial charge < -0.3 is 5.32 Å². The van der Waals surface area contributed by atoms with Crippen LogP contribution in [0.15, 0.2) is 54.6 Å². The van der Waals surface area contributed by atoms with Crippen LogP contribution in [-0.4, -0.2) is 0 Å². The molecule has 0 bridgehead atoms. The number of hydrogen-bond acceptors (Lipinski definition) is 1. The molecule has 1 nitrogen and oxygen atoms in total. The molecule has 20 heavy (non-hydrogen) atoms. The van der Waals surface area contributed by atoms with E-state index in [0.717, 1.165) is 11.6 Å². The van der Waals surface area contributed by atoms with Crippen molar-refractivity contribution in [2.75, 3.05) is 0 Å². The van der Waals surface area contributed by atoms with Gasteiger partial charge in [-0.25, -0.2) is 0 Å². The molecule has 0 heterocycles. The van der Waals surface area contributed by atoms with Crippen molar-refractivity contribution < 1.29 is 13.2 Å². The topological polar surface area (TPSA) is 12.0 Å². The van der Waals surface area contributed by atoms with Gasteiger partial charge in [0.2, 0.25) is 0 Å². The fourth-order valence-electron chi connectivity index (χ4n) is 2.07. The SMILES string of the molecule is C[C@H](NCc1ccccc1C(F)(F)F)c1ccccc1. The van der Waals surface area contributed by atoms with Gasteiger partial charge in [-0.2, -0.15) is 13.2 Å². The molecule has 2 aromatic carbocycles. The third-order valence-corrected chi connectivity index (χ3v) is 3.22. The zero-order chi connectivity index (χ0) is 14.6. The maximum Gasteiger partial charge on any atom is 0.416 e. The van der Waals surface area contributed by atoms with Gasteiger partial charge in [-0.3, -0.25) is 0 Å². The lowest BCUT2D eigenvalue weighted by molar-refractivity contribution is -0.138. The van der Waals surface area contributed by atoms with Crippen LogP contribution in [0, 0.1) is 0 Å². The van der Waals surface area contributed by atoms with E-state index in [4.69, 9.17) is 0 Å². The fraction of sp³-hybridized carbons (Fsp3) is 0.250. The molecule has 0 aromatic heterocycles. The third kappa shape index (κ3) is 3.61. The highest BCUT2D eigenvalue weighted by Crippen LogP contribution is 2.32. The van der Waals surface area contributed by atoms with Crippen LogP contribution in [0.2, 0.25) is 0 Å². The van der Waals surface area contributed by atoms with Crippen molar-refractivity contribution in [3.63, 3.8) is 0 Å². The largest absolute Gasteiger partial charge is 0.416 e. The molecular weight excluding hydrogens is 263 g/mol. The second-order valence-electron chi connectivity index (χ2n) is 4.67. The van der Waals surface area contributed by atoms with Gasteiger partial charge in [-0.1, -0.05) is 48.5 Å². The van der Waals surface area contributed by atoms with E-state index in [1.807, 2.05) is 37.3 Å². The van der Waals surface area contributed by atoms with Crippen LogP contribution in [0.4, 0.5) is 13.2 Å². The summed E-state index contributed by atoms with van der Waals surface area (Å²) in [7, 11) is 0. The molecule has 1 N–H and O–H groups in total. The summed E-state index contributed by atoms with van der Waals surface area (Å²) in [6, 6.07) is 15.3. The minimum atomic E-state index is -4.31. The molecule has 0 aliphatic heterocycles. The minimum Gasteiger partial charge on any atom is -0.306 e. The molecule has 0 saturated heterocycles. The standard InChI is InChI=1S/C16H16F3N/c1-12(13-7-3-2-4-8-13)20-11-14-9-5-6-10-15(14)16(17,18)19/h2-10,12,20H,11H2,1H3/t12-/m0/s1. The maximum atomic E-state index is 12.9. The third-order valence-electron chi connectivity index (χ3n) is 3.22. The maximum absolute atomic E-state index is 12.9. The van der Waals surface area contributed by atoms with Gasteiger partial charge in [0.25, 0.3) is 0 Å². The molecule has 0 aliphatic carbocycles. The van der Waals surface area contributed by atoms with Crippen molar-refractivity contribution in [1.29, 1.82) is 0 Å². The average molecular weight is 279 g/mol. The highest BCUT2D eigenvalue weighted by molar-refractivity contribution is 5.29. The van der Waals surface area contributed by atoms with Crippen LogP contribution < -0.4 is 5.32 Å². The lowest BCUT2D eigenvalue weighted by atomic mass is 10.1. The lowest BCUT2D eigenvalue weighted by Crippen LogP contribution is -2.20. The van der Waals surface area contributed by atoms with Crippen LogP contribution in [0.1, 0.15) is 29.7 Å². The first-order valence-electron chi connectivity index (χ1n) is 6.42. The molecule has 2 rings (SSSR count). The second kappa shape index (κ2) is 6.09. The van der Waals surface area contributed by atoms with Crippen molar-refractivity contribution >= 4 is 0 Å². The highest BCUT2D eigenvalue weighted by Gasteiger charge is 2.32. The Balaban J connectivity index is 2.08. The summed E-state index contributed by atoms with van der Waals surface area (Å²) in [5.74, 6) is 0. The number of halogens is 3. The zero-order valence-corrected chi connectivity index (χ0v) is 11.1. The Bertz CT molecular complexity index is 549. The monoisotopic (exact) mass is 279 g/mol. The quantitative estimate of drug-likeness (QED) is 0.865. The van der Waals surface area contributed by atoms with Gasteiger partial charge in [-0.15, -0.1) is 0 Å². The predicted molar refractivity (Wildman–Crippen MR) is 73.1 cm³/mol. The molecule has 0 fully saturated rings. The predicted octanol–water partition coefficient (Wildman–Crippen LogP) is 4.56. The summed E-state index contributed by atoms with van der Waals surface area (Å²) >= 11 is 0. The molecule has 2 aromatic rings. The molecule has 0 amide bonds. The van der Waals surface area contributed by atoms with Gasteiger partial charge in [0.1, 0.15) is 0 Å². The van der Waals surface area contributed by atoms with Gasteiger partial charge in [0.15, 0.2) is 0 Å². The number of rotatable bonds is 4. The molecule has 0 radical (unpaired) electrons. The number of hydrogen-bond donors (Lipinski definition) is 1. The zero-order valence-electron chi connectivity index (χ0n) is 11.1. The minimum absolute atomic E-state index is 0.00232. The van der Waals surface area contributed by atoms with Crippen LogP contribution in [0.25, 0.3) is 0 Å². The van der Waals surface area contributed by atoms with Crippen molar-refractivity contribution in [2.24, 2.45) is 0 Å². The van der Waals surface area contributed by atoms with E-state index in [1.165, 1.54) is 12.1 Å². The summed E-state index contributed by atoms with van der Waals surface area (Å²) in [6.45, 7) is 2.12. The van der Waals surface area contributed by atoms with Crippen LogP contribution in [-0.2, 0) is 12.7 Å². The van der Waals surface area contributed by atoms with E-state index in [2.05, 4.69) is 5.32 Å². The Hall–Kier alpha value is -1.81. The van der Waals surface area contributed by atoms with E-state index in [9.17, 15) is 13.2 Å². The van der Waals surface area contributed by atoms with E-state index in [0.29, 0.717) is 0 Å². The summed E-state index contributed by atoms with van der Waals surface area (Å²) in [5, 5.41) is 3.13. The molecule has 0 spiro atoms. The number of nitrogens with one attached hydrogen (secondary N) is 1. The summed E-state index contributed by atoms with van der Waals surface area (Å²) in [4.78, 5) is 0. The number of benzene rings is 2. The van der Waals surface area contributed by atoms with E-state index < -0.39 is 11.7 Å². The Morgan fingerprint density at radius 2 is 1.55 bits per heavy atom. The molecule has 0 aliphatic rings. The molecule has 1 atom stereocenters. The molecule has 0 saturated carbocycles. The van der Waals surface area contributed by atoms with Crippen LogP contribution in [0.5, 0.6) is 0 Å². The fourth-order valence-corrected chi connectivity index (χ4v) is 2.07. The molecule has 0 unspecified atom stereocenters. The van der Waals surface area contributed by atoms with Gasteiger partial charge in [0.05, 0.1) is 5.56 Å². The van der Waals surface area contributed by atoms with E-state index >= 15 is 0 Å². The Morgan fingerprint density at radius 1 is 0.950 bits per heavy atom. The first-order chi connectivity index (χ1) is 9.48. The molecular formula is C16H16F3N. The molecule has 4 heteroatoms. The molecule has 106 valence electrons. The smallest absolute Gasteiger partial charge is 0.306 e. The summed E-state index contributed by atoms with van der Waals surface area (Å²) < 4.78 is 38.6. The summed E-state index contributed by atoms with van der Waals surface area (Å²) in [6.07, 6.45) is -4.31. The van der Waals surface area contributed by atoms with E-state index in [1.54, 1.807) is 6.07 Å². The van der Waals surface area contributed by atoms with Crippen molar-refractivity contribution in [1.82, 2.24) is 5.32 Å². The summed E-state index contributed by atoms with van der Waals surface area (Å²) in [5.41, 5.74) is 0.743. The van der Waals surface area contributed by atoms with Crippen LogP contribution in [0.3, 0.4) is 0 Å². The van der Waals surface area contributed by atoms with Crippen molar-refractivity contribution in [3.8, 4) is 0 Å². The van der Waals surface area contributed by atoms with E-state index in [-0.39, 0.29) is 18.2 Å². The normalized spacial score (nSPS) is 13.2. The Kier molecular flexibility index (Phi) is 4.45. The first-order valence-corrected chi connectivity index (χ1v) is 6.42. The Labute approximate surface area is 116 Å². The lowest BCUT2D eigenvalue weighted by Gasteiger charge is -2.17. The number of alkyl halides is 3. The van der Waals surface area contributed by atoms with Crippen molar-refractivity contribution in [2.45, 2.75) is 25.7 Å². The van der Waals surface area contributed by atoms with Crippen LogP contribution >= 0.6 is 0 Å². The van der Waals surface area contributed by atoms with Gasteiger partial charge in [0, 0.05) is 12.6 Å². The second-order valence-corrected chi connectivity index (χ2v) is 4.67. The highest BCUT2D eigenvalue weighted by atomic mass is 19.4. The first kappa shape index (κ1) is 14.6. The Morgan fingerprint density at radius 3 is 2.20 bits per heavy atom. The van der Waals surface area contributed by atoms with Crippen molar-refractivity contribution in [3.05, 3.63) is 71.3 Å². The average Bonchev–Trinajstić information content (AvgIpc) is 2.45.